The number of ether oxygens (including phenoxy) is 4. The molecule has 0 aliphatic heterocycles. The predicted octanol–water partition coefficient (Wildman–Crippen LogP) is -4.74. The molecule has 7 N–H and O–H groups in total. The van der Waals surface area contributed by atoms with Crippen molar-refractivity contribution in [1.82, 2.24) is 5.32 Å². The first-order valence-corrected chi connectivity index (χ1v) is 9.36. The average Bonchev–Trinajstić information content (AvgIpc) is 2.75. The van der Waals surface area contributed by atoms with E-state index in [1.54, 1.807) is 0 Å². The van der Waals surface area contributed by atoms with Crippen LogP contribution >= 0.6 is 0 Å². The molecule has 31 heavy (non-hydrogen) atoms. The summed E-state index contributed by atoms with van der Waals surface area (Å²) in [5.74, 6) is -2.43. The lowest BCUT2D eigenvalue weighted by atomic mass is 10.0. The normalized spacial score (nSPS) is 15.1. The molecular weight excluding hydrogens is 426 g/mol. The van der Waals surface area contributed by atoms with Crippen LogP contribution < -0.4 is 5.32 Å². The number of Topliss-reactive ketones (excluding diaryl/α,β-unsaturated/α-hetero) is 1. The summed E-state index contributed by atoms with van der Waals surface area (Å²) in [6.45, 7) is -1.59. The van der Waals surface area contributed by atoms with Gasteiger partial charge in [0.05, 0.1) is 39.6 Å². The first kappa shape index (κ1) is 29.2. The molecule has 0 aliphatic carbocycles. The van der Waals surface area contributed by atoms with E-state index in [0.717, 1.165) is 0 Å². The fraction of sp³-hybridized carbons (Fsp3) is 0.824. The van der Waals surface area contributed by atoms with E-state index < -0.39 is 61.9 Å². The number of carbonyl (C=O) groups excluding carboxylic acids is 2. The van der Waals surface area contributed by atoms with E-state index in [1.165, 1.54) is 0 Å². The smallest absolute Gasteiger partial charge is 0.329 e. The molecule has 4 unspecified atom stereocenters. The van der Waals surface area contributed by atoms with Crippen molar-refractivity contribution in [2.24, 2.45) is 0 Å². The molecule has 0 aliphatic rings. The number of rotatable bonds is 20. The van der Waals surface area contributed by atoms with Crippen molar-refractivity contribution in [2.75, 3.05) is 66.0 Å². The zero-order valence-electron chi connectivity index (χ0n) is 16.9. The van der Waals surface area contributed by atoms with E-state index in [2.05, 4.69) is 5.32 Å². The van der Waals surface area contributed by atoms with E-state index in [-0.39, 0.29) is 46.2 Å². The van der Waals surface area contributed by atoms with Gasteiger partial charge in [-0.25, -0.2) is 4.79 Å². The number of carboxylic acid groups (broad SMARTS) is 1. The van der Waals surface area contributed by atoms with Crippen LogP contribution in [0.15, 0.2) is 0 Å². The Morgan fingerprint density at radius 1 is 0.742 bits per heavy atom. The van der Waals surface area contributed by atoms with Crippen LogP contribution in [0.3, 0.4) is 0 Å². The summed E-state index contributed by atoms with van der Waals surface area (Å²) >= 11 is 0. The van der Waals surface area contributed by atoms with Gasteiger partial charge in [0.25, 0.3) is 0 Å². The molecule has 0 saturated carbocycles. The minimum Gasteiger partial charge on any atom is -0.480 e. The lowest BCUT2D eigenvalue weighted by Gasteiger charge is -2.24. The molecule has 182 valence electrons. The molecule has 0 spiro atoms. The summed E-state index contributed by atoms with van der Waals surface area (Å²) in [6.07, 6.45) is -7.60. The summed E-state index contributed by atoms with van der Waals surface area (Å²) in [5, 5.41) is 57.3. The zero-order valence-corrected chi connectivity index (χ0v) is 16.9. The van der Waals surface area contributed by atoms with Crippen molar-refractivity contribution >= 4 is 17.7 Å². The monoisotopic (exact) mass is 457 g/mol. The molecule has 14 nitrogen and oxygen atoms in total. The van der Waals surface area contributed by atoms with Crippen molar-refractivity contribution in [3.05, 3.63) is 0 Å². The molecule has 0 fully saturated rings. The van der Waals surface area contributed by atoms with E-state index in [1.807, 2.05) is 0 Å². The summed E-state index contributed by atoms with van der Waals surface area (Å²) in [5.41, 5.74) is 0. The maximum absolute atomic E-state index is 11.7. The van der Waals surface area contributed by atoms with E-state index in [0.29, 0.717) is 0 Å². The Bertz CT molecular complexity index is 518. The number of ketones is 1. The first-order valence-electron chi connectivity index (χ1n) is 9.36. The molecule has 1 amide bonds. The van der Waals surface area contributed by atoms with Crippen LogP contribution in [-0.2, 0) is 33.3 Å². The number of hydrogen-bond donors (Lipinski definition) is 7. The van der Waals surface area contributed by atoms with Gasteiger partial charge in [0.2, 0.25) is 5.91 Å². The standard InChI is InChI=1S/C17H31NO13/c19-7-11(20)15(25)17(27)16(26)12(21)8-29-4-3-28-2-1-18-13(22)9-30-5-6-31-10-14(23)24/h11,15-17,19-20,25-27H,1-10H2,(H,18,22)(H,23,24). The molecule has 0 rings (SSSR count). The largest absolute Gasteiger partial charge is 0.480 e. The lowest BCUT2D eigenvalue weighted by molar-refractivity contribution is -0.151. The number of amides is 1. The SMILES string of the molecule is O=C(O)COCCOCC(=O)NCCOCCOCC(=O)C(O)C(O)C(O)C(O)CO. The average molecular weight is 457 g/mol. The summed E-state index contributed by atoms with van der Waals surface area (Å²) in [6, 6.07) is 0. The Labute approximate surface area is 178 Å². The Kier molecular flexibility index (Phi) is 16.9. The van der Waals surface area contributed by atoms with E-state index in [4.69, 9.17) is 29.2 Å². The minimum atomic E-state index is -2.00. The van der Waals surface area contributed by atoms with Gasteiger partial charge in [0, 0.05) is 6.54 Å². The summed E-state index contributed by atoms with van der Waals surface area (Å²) in [4.78, 5) is 33.3. The maximum atomic E-state index is 11.7. The predicted molar refractivity (Wildman–Crippen MR) is 100 cm³/mol. The van der Waals surface area contributed by atoms with Gasteiger partial charge in [-0.05, 0) is 0 Å². The van der Waals surface area contributed by atoms with Gasteiger partial charge in [-0.2, -0.15) is 0 Å². The molecule has 0 radical (unpaired) electrons. The third-order valence-corrected chi connectivity index (χ3v) is 3.60. The molecule has 0 bridgehead atoms. The van der Waals surface area contributed by atoms with Crippen molar-refractivity contribution in [3.8, 4) is 0 Å². The van der Waals surface area contributed by atoms with Gasteiger partial charge in [-0.15, -0.1) is 0 Å². The molecule has 14 heteroatoms. The number of aliphatic hydroxyl groups is 5. The highest BCUT2D eigenvalue weighted by Gasteiger charge is 2.33. The number of aliphatic carboxylic acids is 1. The third-order valence-electron chi connectivity index (χ3n) is 3.60. The van der Waals surface area contributed by atoms with Gasteiger partial charge in [-0.3, -0.25) is 9.59 Å². The van der Waals surface area contributed by atoms with Crippen LogP contribution in [0.4, 0.5) is 0 Å². The number of carbonyl (C=O) groups is 3. The van der Waals surface area contributed by atoms with Crippen LogP contribution in [0.2, 0.25) is 0 Å². The minimum absolute atomic E-state index is 0.0240. The Hall–Kier alpha value is -1.75. The molecule has 0 aromatic rings. The van der Waals surface area contributed by atoms with Gasteiger partial charge >= 0.3 is 5.97 Å². The van der Waals surface area contributed by atoms with E-state index in [9.17, 15) is 34.8 Å². The summed E-state index contributed by atoms with van der Waals surface area (Å²) in [7, 11) is 0. The van der Waals surface area contributed by atoms with Gasteiger partial charge in [-0.1, -0.05) is 0 Å². The summed E-state index contributed by atoms with van der Waals surface area (Å²) < 4.78 is 19.8. The molecule has 0 heterocycles. The number of carboxylic acids is 1. The van der Waals surface area contributed by atoms with Crippen molar-refractivity contribution in [3.63, 3.8) is 0 Å². The second kappa shape index (κ2) is 17.9. The van der Waals surface area contributed by atoms with Gasteiger partial charge < -0.3 is 54.9 Å². The molecule has 0 saturated heterocycles. The lowest BCUT2D eigenvalue weighted by Crippen LogP contribution is -2.49. The molecule has 0 aromatic carbocycles. The van der Waals surface area contributed by atoms with Gasteiger partial charge in [0.15, 0.2) is 5.78 Å². The van der Waals surface area contributed by atoms with Crippen LogP contribution in [0, 0.1) is 0 Å². The van der Waals surface area contributed by atoms with Crippen LogP contribution in [-0.4, -0.2) is 139 Å². The Balaban J connectivity index is 3.65. The zero-order chi connectivity index (χ0) is 23.6. The van der Waals surface area contributed by atoms with Gasteiger partial charge in [0.1, 0.15) is 44.2 Å². The van der Waals surface area contributed by atoms with Crippen LogP contribution in [0.5, 0.6) is 0 Å². The number of hydrogen-bond acceptors (Lipinski definition) is 12. The molecular formula is C17H31NO13. The fourth-order valence-electron chi connectivity index (χ4n) is 1.95. The quantitative estimate of drug-likeness (QED) is 0.0854. The van der Waals surface area contributed by atoms with E-state index >= 15 is 0 Å². The first-order chi connectivity index (χ1) is 14.7. The molecule has 4 atom stereocenters. The van der Waals surface area contributed by atoms with Crippen LogP contribution in [0.25, 0.3) is 0 Å². The Morgan fingerprint density at radius 3 is 1.87 bits per heavy atom. The highest BCUT2D eigenvalue weighted by molar-refractivity contribution is 5.84. The van der Waals surface area contributed by atoms with Crippen molar-refractivity contribution < 1.29 is 64.0 Å². The number of aliphatic hydroxyl groups excluding tert-OH is 5. The Morgan fingerprint density at radius 2 is 1.29 bits per heavy atom. The second-order valence-electron chi connectivity index (χ2n) is 6.16. The van der Waals surface area contributed by atoms with Crippen LogP contribution in [0.1, 0.15) is 0 Å². The highest BCUT2D eigenvalue weighted by Crippen LogP contribution is 2.06. The fourth-order valence-corrected chi connectivity index (χ4v) is 1.95. The maximum Gasteiger partial charge on any atom is 0.329 e. The van der Waals surface area contributed by atoms with Crippen molar-refractivity contribution in [2.45, 2.75) is 24.4 Å². The second-order valence-corrected chi connectivity index (χ2v) is 6.16. The topological polar surface area (TPSA) is 222 Å². The highest BCUT2D eigenvalue weighted by atomic mass is 16.5. The third kappa shape index (κ3) is 14.8. The number of nitrogens with one attached hydrogen (secondary N) is 1. The van der Waals surface area contributed by atoms with Crippen molar-refractivity contribution in [1.29, 1.82) is 0 Å². The molecule has 0 aromatic heterocycles.